The van der Waals surface area contributed by atoms with Gasteiger partial charge in [0.15, 0.2) is 10.1 Å². The van der Waals surface area contributed by atoms with Gasteiger partial charge in [-0.05, 0) is 18.8 Å². The molecular formula is C10H15F4O4S-. The molecule has 0 bridgehead atoms. The van der Waals surface area contributed by atoms with Crippen LogP contribution in [0.4, 0.5) is 17.6 Å². The summed E-state index contributed by atoms with van der Waals surface area (Å²) in [6.07, 6.45) is 2.35. The monoisotopic (exact) mass is 307 g/mol. The van der Waals surface area contributed by atoms with Crippen molar-refractivity contribution in [3.63, 3.8) is 0 Å². The van der Waals surface area contributed by atoms with Crippen molar-refractivity contribution < 1.29 is 35.3 Å². The van der Waals surface area contributed by atoms with Crippen LogP contribution in [-0.2, 0) is 14.9 Å². The zero-order valence-corrected chi connectivity index (χ0v) is 10.9. The van der Waals surface area contributed by atoms with Gasteiger partial charge in [-0.2, -0.15) is 17.6 Å². The molecule has 1 aliphatic carbocycles. The van der Waals surface area contributed by atoms with Crippen LogP contribution in [0.5, 0.6) is 0 Å². The Morgan fingerprint density at radius 1 is 1.16 bits per heavy atom. The highest BCUT2D eigenvalue weighted by Crippen LogP contribution is 2.40. The van der Waals surface area contributed by atoms with Gasteiger partial charge in [-0.25, -0.2) is 8.42 Å². The molecule has 9 heteroatoms. The molecule has 0 aromatic carbocycles. The number of alkyl halides is 4. The SMILES string of the molecule is O=S(=O)([O-])C(F)(F)C(F)(F)CCOCC1CCCC1. The van der Waals surface area contributed by atoms with E-state index >= 15 is 0 Å². The summed E-state index contributed by atoms with van der Waals surface area (Å²) in [6, 6.07) is 0. The van der Waals surface area contributed by atoms with Crippen molar-refractivity contribution >= 4 is 10.1 Å². The first-order valence-electron chi connectivity index (χ1n) is 5.87. The molecule has 1 fully saturated rings. The van der Waals surface area contributed by atoms with E-state index in [2.05, 4.69) is 0 Å². The Balaban J connectivity index is 2.41. The maximum Gasteiger partial charge on any atom is 0.396 e. The van der Waals surface area contributed by atoms with Gasteiger partial charge in [0.05, 0.1) is 6.61 Å². The predicted molar refractivity (Wildman–Crippen MR) is 57.0 cm³/mol. The van der Waals surface area contributed by atoms with Gasteiger partial charge in [0.25, 0.3) is 0 Å². The second-order valence-corrected chi connectivity index (χ2v) is 6.07. The second kappa shape index (κ2) is 5.92. The van der Waals surface area contributed by atoms with Crippen molar-refractivity contribution in [2.24, 2.45) is 5.92 Å². The topological polar surface area (TPSA) is 66.4 Å². The highest BCUT2D eigenvalue weighted by Gasteiger charge is 2.61. The van der Waals surface area contributed by atoms with Crippen molar-refractivity contribution in [3.8, 4) is 0 Å². The standard InChI is InChI=1S/C10H16F4O4S/c11-9(12,10(13,14)19(15,16)17)5-6-18-7-8-3-1-2-4-8/h8H,1-7H2,(H,15,16,17)/p-1. The second-order valence-electron chi connectivity index (χ2n) is 4.65. The lowest BCUT2D eigenvalue weighted by Crippen LogP contribution is -2.47. The Morgan fingerprint density at radius 3 is 2.16 bits per heavy atom. The number of rotatable bonds is 7. The molecule has 114 valence electrons. The molecule has 0 aromatic heterocycles. The molecule has 1 rings (SSSR count). The Hall–Kier alpha value is -0.410. The molecule has 1 aliphatic rings. The molecule has 0 spiro atoms. The number of hydrogen-bond acceptors (Lipinski definition) is 4. The van der Waals surface area contributed by atoms with E-state index in [0.29, 0.717) is 0 Å². The lowest BCUT2D eigenvalue weighted by molar-refractivity contribution is -0.171. The fourth-order valence-corrected chi connectivity index (χ4v) is 2.42. The van der Waals surface area contributed by atoms with Crippen molar-refractivity contribution in [3.05, 3.63) is 0 Å². The molecule has 0 saturated heterocycles. The van der Waals surface area contributed by atoms with E-state index in [9.17, 15) is 30.5 Å². The average molecular weight is 307 g/mol. The van der Waals surface area contributed by atoms with E-state index in [1.165, 1.54) is 0 Å². The van der Waals surface area contributed by atoms with Gasteiger partial charge in [-0.1, -0.05) is 12.8 Å². The molecule has 0 aliphatic heterocycles. The molecule has 1 saturated carbocycles. The Labute approximate surface area is 108 Å². The van der Waals surface area contributed by atoms with Crippen molar-refractivity contribution in [2.75, 3.05) is 13.2 Å². The summed E-state index contributed by atoms with van der Waals surface area (Å²) in [7, 11) is -6.40. The molecule has 0 atom stereocenters. The van der Waals surface area contributed by atoms with E-state index in [0.717, 1.165) is 25.7 Å². The van der Waals surface area contributed by atoms with E-state index in [1.807, 2.05) is 0 Å². The van der Waals surface area contributed by atoms with Crippen LogP contribution < -0.4 is 0 Å². The summed E-state index contributed by atoms with van der Waals surface area (Å²) in [5.74, 6) is -4.69. The summed E-state index contributed by atoms with van der Waals surface area (Å²) in [6.45, 7) is -0.527. The molecule has 19 heavy (non-hydrogen) atoms. The number of halogens is 4. The van der Waals surface area contributed by atoms with Gasteiger partial charge in [-0.3, -0.25) is 0 Å². The van der Waals surface area contributed by atoms with Crippen molar-refractivity contribution in [1.29, 1.82) is 0 Å². The van der Waals surface area contributed by atoms with Crippen LogP contribution in [0.3, 0.4) is 0 Å². The van der Waals surface area contributed by atoms with Crippen LogP contribution in [0.2, 0.25) is 0 Å². The van der Waals surface area contributed by atoms with Gasteiger partial charge in [-0.15, -0.1) is 0 Å². The van der Waals surface area contributed by atoms with Crippen LogP contribution in [0.1, 0.15) is 32.1 Å². The van der Waals surface area contributed by atoms with Crippen LogP contribution in [-0.4, -0.2) is 37.4 Å². The van der Waals surface area contributed by atoms with E-state index in [4.69, 9.17) is 4.74 Å². The number of ether oxygens (including phenoxy) is 1. The number of hydrogen-bond donors (Lipinski definition) is 0. The Bertz CT molecular complexity index is 390. The third-order valence-electron chi connectivity index (χ3n) is 3.13. The van der Waals surface area contributed by atoms with Gasteiger partial charge >= 0.3 is 11.2 Å². The molecule has 4 nitrogen and oxygen atoms in total. The average Bonchev–Trinajstić information content (AvgIpc) is 2.75. The minimum Gasteiger partial charge on any atom is -0.743 e. The highest BCUT2D eigenvalue weighted by molar-refractivity contribution is 7.86. The minimum atomic E-state index is -6.40. The lowest BCUT2D eigenvalue weighted by Gasteiger charge is -2.28. The summed E-state index contributed by atoms with van der Waals surface area (Å²) in [5, 5.41) is -5.61. The summed E-state index contributed by atoms with van der Waals surface area (Å²) in [4.78, 5) is 0. The molecule has 0 aromatic rings. The third kappa shape index (κ3) is 4.03. The lowest BCUT2D eigenvalue weighted by atomic mass is 10.1. The van der Waals surface area contributed by atoms with Crippen LogP contribution in [0.25, 0.3) is 0 Å². The molecule has 0 N–H and O–H groups in total. The van der Waals surface area contributed by atoms with Crippen LogP contribution >= 0.6 is 0 Å². The Kier molecular flexibility index (Phi) is 5.19. The fourth-order valence-electron chi connectivity index (χ4n) is 1.96. The van der Waals surface area contributed by atoms with Crippen molar-refractivity contribution in [2.45, 2.75) is 43.3 Å². The molecule has 0 heterocycles. The van der Waals surface area contributed by atoms with E-state index in [-0.39, 0.29) is 12.5 Å². The molecule has 0 unspecified atom stereocenters. The largest absolute Gasteiger partial charge is 0.743 e. The van der Waals surface area contributed by atoms with Gasteiger partial charge in [0.1, 0.15) is 0 Å². The van der Waals surface area contributed by atoms with E-state index < -0.39 is 34.3 Å². The summed E-state index contributed by atoms with van der Waals surface area (Å²) >= 11 is 0. The molecule has 0 amide bonds. The quantitative estimate of drug-likeness (QED) is 0.411. The third-order valence-corrected chi connectivity index (χ3v) is 4.06. The van der Waals surface area contributed by atoms with Gasteiger partial charge in [0, 0.05) is 13.0 Å². The van der Waals surface area contributed by atoms with E-state index in [1.54, 1.807) is 0 Å². The first-order chi connectivity index (χ1) is 8.58. The van der Waals surface area contributed by atoms with Gasteiger partial charge < -0.3 is 9.29 Å². The molecular weight excluding hydrogens is 292 g/mol. The zero-order chi connectivity index (χ0) is 14.7. The van der Waals surface area contributed by atoms with Gasteiger partial charge in [0.2, 0.25) is 0 Å². The Morgan fingerprint density at radius 2 is 1.68 bits per heavy atom. The smallest absolute Gasteiger partial charge is 0.396 e. The maximum atomic E-state index is 13.0. The maximum absolute atomic E-state index is 13.0. The molecule has 0 radical (unpaired) electrons. The normalized spacial score (nSPS) is 19.0. The first kappa shape index (κ1) is 16.6. The summed E-state index contributed by atoms with van der Waals surface area (Å²) in [5.41, 5.74) is 0. The predicted octanol–water partition coefficient (Wildman–Crippen LogP) is 2.36. The van der Waals surface area contributed by atoms with Crippen LogP contribution in [0.15, 0.2) is 0 Å². The first-order valence-corrected chi connectivity index (χ1v) is 7.27. The van der Waals surface area contributed by atoms with Crippen molar-refractivity contribution in [1.82, 2.24) is 0 Å². The van der Waals surface area contributed by atoms with Crippen LogP contribution in [0, 0.1) is 5.92 Å². The fraction of sp³-hybridized carbons (Fsp3) is 1.00. The minimum absolute atomic E-state index is 0.186. The summed E-state index contributed by atoms with van der Waals surface area (Å²) < 4.78 is 86.6. The zero-order valence-electron chi connectivity index (χ0n) is 10.1. The highest BCUT2D eigenvalue weighted by atomic mass is 32.2.